The van der Waals surface area contributed by atoms with Gasteiger partial charge in [-0.15, -0.1) is 0 Å². The molecule has 0 amide bonds. The van der Waals surface area contributed by atoms with Gasteiger partial charge in [-0.05, 0) is 37.5 Å². The van der Waals surface area contributed by atoms with Crippen molar-refractivity contribution < 1.29 is 9.47 Å². The predicted molar refractivity (Wildman–Crippen MR) is 85.8 cm³/mol. The Kier molecular flexibility index (Phi) is 4.81. The van der Waals surface area contributed by atoms with Gasteiger partial charge in [-0.25, -0.2) is 4.98 Å². The maximum Gasteiger partial charge on any atom is 0.186 e. The Morgan fingerprint density at radius 1 is 1.45 bits per heavy atom. The number of nitrogens with zero attached hydrogens (tertiary/aromatic N) is 2. The number of benzene rings is 1. The van der Waals surface area contributed by atoms with Gasteiger partial charge in [0.1, 0.15) is 0 Å². The lowest BCUT2D eigenvalue weighted by Gasteiger charge is -2.40. The fourth-order valence-corrected chi connectivity index (χ4v) is 3.06. The number of rotatable bonds is 5. The third-order valence-corrected chi connectivity index (χ3v) is 4.21. The minimum atomic E-state index is -0.597. The summed E-state index contributed by atoms with van der Waals surface area (Å²) in [5, 5.41) is 0.764. The van der Waals surface area contributed by atoms with Crippen LogP contribution in [-0.2, 0) is 22.4 Å². The molecule has 1 aromatic heterocycles. The van der Waals surface area contributed by atoms with Crippen molar-refractivity contribution in [2.75, 3.05) is 6.61 Å². The van der Waals surface area contributed by atoms with E-state index in [9.17, 15) is 0 Å². The second-order valence-electron chi connectivity index (χ2n) is 5.84. The lowest BCUT2D eigenvalue weighted by atomic mass is 10.0. The van der Waals surface area contributed by atoms with Crippen LogP contribution < -0.4 is 0 Å². The van der Waals surface area contributed by atoms with Gasteiger partial charge in [0.05, 0.1) is 25.6 Å². The summed E-state index contributed by atoms with van der Waals surface area (Å²) in [6.45, 7) is 3.48. The third kappa shape index (κ3) is 3.88. The highest BCUT2D eigenvalue weighted by Crippen LogP contribution is 2.30. The van der Waals surface area contributed by atoms with Gasteiger partial charge in [-0.3, -0.25) is 0 Å². The monoisotopic (exact) mass is 320 g/mol. The van der Waals surface area contributed by atoms with Crippen LogP contribution in [0.4, 0.5) is 0 Å². The standard InChI is InChI=1S/C17H21ClN2O2/c1-14-6-10-21-17(22-14,12-20-9-8-19-13-20)7-5-15-3-2-4-16(18)11-15/h2-4,8-9,11,13-14H,5-7,10,12H2,1H3. The summed E-state index contributed by atoms with van der Waals surface area (Å²) in [5.41, 5.74) is 1.20. The van der Waals surface area contributed by atoms with Crippen LogP contribution in [-0.4, -0.2) is 28.0 Å². The van der Waals surface area contributed by atoms with E-state index in [2.05, 4.69) is 18.0 Å². The quantitative estimate of drug-likeness (QED) is 0.843. The van der Waals surface area contributed by atoms with Gasteiger partial charge in [0.2, 0.25) is 0 Å². The molecule has 0 N–H and O–H groups in total. The van der Waals surface area contributed by atoms with Crippen molar-refractivity contribution in [3.05, 3.63) is 53.6 Å². The minimum absolute atomic E-state index is 0.205. The van der Waals surface area contributed by atoms with Crippen LogP contribution in [0.1, 0.15) is 25.3 Å². The number of ether oxygens (including phenoxy) is 2. The number of hydrogen-bond donors (Lipinski definition) is 0. The molecule has 4 nitrogen and oxygen atoms in total. The molecule has 118 valence electrons. The Bertz CT molecular complexity index is 602. The van der Waals surface area contributed by atoms with Gasteiger partial charge in [-0.2, -0.15) is 0 Å². The summed E-state index contributed by atoms with van der Waals surface area (Å²) in [6, 6.07) is 7.95. The lowest BCUT2D eigenvalue weighted by molar-refractivity contribution is -0.298. The zero-order valence-corrected chi connectivity index (χ0v) is 13.5. The van der Waals surface area contributed by atoms with E-state index < -0.39 is 5.79 Å². The highest BCUT2D eigenvalue weighted by Gasteiger charge is 2.37. The van der Waals surface area contributed by atoms with Crippen molar-refractivity contribution in [1.82, 2.24) is 9.55 Å². The molecule has 2 unspecified atom stereocenters. The molecule has 5 heteroatoms. The van der Waals surface area contributed by atoms with Gasteiger partial charge in [0.15, 0.2) is 5.79 Å². The summed E-state index contributed by atoms with van der Waals surface area (Å²) in [5.74, 6) is -0.597. The molecule has 1 aliphatic rings. The SMILES string of the molecule is CC1CCOC(CCc2cccc(Cl)c2)(Cn2ccnc2)O1. The average molecular weight is 321 g/mol. The van der Waals surface area contributed by atoms with Gasteiger partial charge in [0.25, 0.3) is 0 Å². The molecule has 0 saturated carbocycles. The molecule has 1 fully saturated rings. The summed E-state index contributed by atoms with van der Waals surface area (Å²) >= 11 is 6.06. The van der Waals surface area contributed by atoms with Crippen LogP contribution in [0.3, 0.4) is 0 Å². The van der Waals surface area contributed by atoms with Gasteiger partial charge < -0.3 is 14.0 Å². The average Bonchev–Trinajstić information content (AvgIpc) is 2.98. The number of aryl methyl sites for hydroxylation is 1. The van der Waals surface area contributed by atoms with Gasteiger partial charge in [0, 0.05) is 23.8 Å². The third-order valence-electron chi connectivity index (χ3n) is 3.97. The van der Waals surface area contributed by atoms with E-state index in [4.69, 9.17) is 21.1 Å². The van der Waals surface area contributed by atoms with Crippen molar-refractivity contribution in [3.63, 3.8) is 0 Å². The first kappa shape index (κ1) is 15.5. The molecule has 1 saturated heterocycles. The molecule has 22 heavy (non-hydrogen) atoms. The van der Waals surface area contributed by atoms with Crippen LogP contribution >= 0.6 is 11.6 Å². The molecule has 3 rings (SSSR count). The molecule has 0 aliphatic carbocycles. The van der Waals surface area contributed by atoms with Crippen molar-refractivity contribution in [3.8, 4) is 0 Å². The second kappa shape index (κ2) is 6.82. The van der Waals surface area contributed by atoms with Crippen LogP contribution in [0.15, 0.2) is 43.0 Å². The topological polar surface area (TPSA) is 36.3 Å². The van der Waals surface area contributed by atoms with E-state index >= 15 is 0 Å². The first-order valence-corrected chi connectivity index (χ1v) is 8.05. The number of imidazole rings is 1. The predicted octanol–water partition coefficient (Wildman–Crippen LogP) is 3.69. The van der Waals surface area contributed by atoms with E-state index in [0.29, 0.717) is 6.54 Å². The van der Waals surface area contributed by atoms with Gasteiger partial charge >= 0.3 is 0 Å². The number of aromatic nitrogens is 2. The highest BCUT2D eigenvalue weighted by molar-refractivity contribution is 6.30. The zero-order valence-electron chi connectivity index (χ0n) is 12.7. The second-order valence-corrected chi connectivity index (χ2v) is 6.28. The minimum Gasteiger partial charge on any atom is -0.348 e. The molecule has 2 atom stereocenters. The Labute approximate surface area is 136 Å². The maximum absolute atomic E-state index is 6.20. The van der Waals surface area contributed by atoms with E-state index in [-0.39, 0.29) is 6.10 Å². The van der Waals surface area contributed by atoms with Crippen LogP contribution in [0.25, 0.3) is 0 Å². The fourth-order valence-electron chi connectivity index (χ4n) is 2.85. The molecule has 2 aromatic rings. The maximum atomic E-state index is 6.20. The van der Waals surface area contributed by atoms with Crippen molar-refractivity contribution >= 4 is 11.6 Å². The van der Waals surface area contributed by atoms with Crippen LogP contribution in [0.2, 0.25) is 5.02 Å². The van der Waals surface area contributed by atoms with E-state index in [1.54, 1.807) is 12.5 Å². The summed E-state index contributed by atoms with van der Waals surface area (Å²) in [4.78, 5) is 4.10. The lowest BCUT2D eigenvalue weighted by Crippen LogP contribution is -2.47. The van der Waals surface area contributed by atoms with E-state index in [0.717, 1.165) is 30.9 Å². The largest absolute Gasteiger partial charge is 0.348 e. The Balaban J connectivity index is 1.73. The molecular formula is C17H21ClN2O2. The zero-order chi connectivity index (χ0) is 15.4. The molecule has 0 radical (unpaired) electrons. The Hall–Kier alpha value is -1.36. The molecule has 0 bridgehead atoms. The van der Waals surface area contributed by atoms with E-state index in [1.165, 1.54) is 5.56 Å². The normalized spacial score (nSPS) is 25.3. The smallest absolute Gasteiger partial charge is 0.186 e. The van der Waals surface area contributed by atoms with Crippen LogP contribution in [0.5, 0.6) is 0 Å². The molecule has 1 aromatic carbocycles. The number of hydrogen-bond acceptors (Lipinski definition) is 3. The molecule has 1 aliphatic heterocycles. The van der Waals surface area contributed by atoms with Crippen molar-refractivity contribution in [2.24, 2.45) is 0 Å². The Morgan fingerprint density at radius 2 is 2.36 bits per heavy atom. The highest BCUT2D eigenvalue weighted by atomic mass is 35.5. The van der Waals surface area contributed by atoms with Crippen molar-refractivity contribution in [1.29, 1.82) is 0 Å². The first-order valence-electron chi connectivity index (χ1n) is 7.67. The fraction of sp³-hybridized carbons (Fsp3) is 0.471. The van der Waals surface area contributed by atoms with E-state index in [1.807, 2.05) is 29.0 Å². The summed E-state index contributed by atoms with van der Waals surface area (Å²) < 4.78 is 14.3. The molecule has 0 spiro atoms. The first-order chi connectivity index (χ1) is 10.7. The summed E-state index contributed by atoms with van der Waals surface area (Å²) in [6.07, 6.45) is 8.30. The van der Waals surface area contributed by atoms with Crippen molar-refractivity contribution in [2.45, 2.75) is 44.6 Å². The van der Waals surface area contributed by atoms with Crippen LogP contribution in [0, 0.1) is 0 Å². The Morgan fingerprint density at radius 3 is 3.09 bits per heavy atom. The molecular weight excluding hydrogens is 300 g/mol. The summed E-state index contributed by atoms with van der Waals surface area (Å²) in [7, 11) is 0. The molecule has 2 heterocycles. The van der Waals surface area contributed by atoms with Gasteiger partial charge in [-0.1, -0.05) is 23.7 Å². The number of halogens is 1.